The Morgan fingerprint density at radius 1 is 1.29 bits per heavy atom. The number of benzene rings is 1. The molecule has 3 N–H and O–H groups in total. The summed E-state index contributed by atoms with van der Waals surface area (Å²) in [5, 5.41) is 14.6. The van der Waals surface area contributed by atoms with Crippen molar-refractivity contribution >= 4 is 11.8 Å². The van der Waals surface area contributed by atoms with E-state index in [9.17, 15) is 9.59 Å². The van der Waals surface area contributed by atoms with Gasteiger partial charge < -0.3 is 11.1 Å². The maximum Gasteiger partial charge on any atom is 0.248 e. The van der Waals surface area contributed by atoms with E-state index in [2.05, 4.69) is 20.7 Å². The summed E-state index contributed by atoms with van der Waals surface area (Å²) in [6.45, 7) is 2.61. The number of aromatic nitrogens is 4. The van der Waals surface area contributed by atoms with E-state index in [1.807, 2.05) is 6.92 Å². The van der Waals surface area contributed by atoms with Crippen molar-refractivity contribution in [2.24, 2.45) is 5.73 Å². The van der Waals surface area contributed by atoms with Gasteiger partial charge in [-0.25, -0.2) is 0 Å². The van der Waals surface area contributed by atoms with E-state index < -0.39 is 5.91 Å². The molecular formula is C13H16N6O2. The molecule has 0 spiro atoms. The molecule has 0 unspecified atom stereocenters. The van der Waals surface area contributed by atoms with Crippen LogP contribution in [0.25, 0.3) is 11.4 Å². The third kappa shape index (κ3) is 3.85. The molecule has 2 rings (SSSR count). The molecule has 0 fully saturated rings. The fraction of sp³-hybridized carbons (Fsp3) is 0.308. The molecule has 0 radical (unpaired) electrons. The summed E-state index contributed by atoms with van der Waals surface area (Å²) in [5.74, 6) is -0.273. The molecule has 0 aliphatic rings. The van der Waals surface area contributed by atoms with Crippen molar-refractivity contribution in [3.8, 4) is 11.4 Å². The Morgan fingerprint density at radius 2 is 2.00 bits per heavy atom. The molecule has 0 saturated carbocycles. The summed E-state index contributed by atoms with van der Waals surface area (Å²) in [5.41, 5.74) is 6.27. The summed E-state index contributed by atoms with van der Waals surface area (Å²) in [7, 11) is 0. The van der Waals surface area contributed by atoms with Crippen molar-refractivity contribution in [2.45, 2.75) is 19.9 Å². The average molecular weight is 288 g/mol. The lowest BCUT2D eigenvalue weighted by molar-refractivity contribution is -0.122. The van der Waals surface area contributed by atoms with Gasteiger partial charge in [-0.05, 0) is 23.8 Å². The van der Waals surface area contributed by atoms with Crippen LogP contribution < -0.4 is 11.1 Å². The number of hydrogen-bond donors (Lipinski definition) is 2. The van der Waals surface area contributed by atoms with Crippen molar-refractivity contribution < 1.29 is 9.59 Å². The van der Waals surface area contributed by atoms with Crippen LogP contribution >= 0.6 is 0 Å². The quantitative estimate of drug-likeness (QED) is 0.774. The van der Waals surface area contributed by atoms with Gasteiger partial charge in [0.15, 0.2) is 0 Å². The van der Waals surface area contributed by atoms with E-state index >= 15 is 0 Å². The fourth-order valence-corrected chi connectivity index (χ4v) is 1.66. The molecule has 21 heavy (non-hydrogen) atoms. The smallest absolute Gasteiger partial charge is 0.248 e. The number of nitrogens with two attached hydrogens (primary N) is 1. The van der Waals surface area contributed by atoms with Gasteiger partial charge in [-0.15, -0.1) is 10.2 Å². The number of tetrazole rings is 1. The molecular weight excluding hydrogens is 272 g/mol. The summed E-state index contributed by atoms with van der Waals surface area (Å²) in [4.78, 5) is 23.8. The van der Waals surface area contributed by atoms with Gasteiger partial charge in [0.25, 0.3) is 0 Å². The highest BCUT2D eigenvalue weighted by atomic mass is 16.2. The molecule has 110 valence electrons. The molecule has 8 heteroatoms. The van der Waals surface area contributed by atoms with E-state index in [-0.39, 0.29) is 12.5 Å². The van der Waals surface area contributed by atoms with Crippen molar-refractivity contribution in [1.29, 1.82) is 0 Å². The molecule has 0 atom stereocenters. The zero-order valence-electron chi connectivity index (χ0n) is 11.6. The summed E-state index contributed by atoms with van der Waals surface area (Å²) < 4.78 is 0. The zero-order chi connectivity index (χ0) is 15.2. The molecule has 1 aromatic heterocycles. The Hall–Kier alpha value is -2.77. The monoisotopic (exact) mass is 288 g/mol. The van der Waals surface area contributed by atoms with Crippen LogP contribution in [0.1, 0.15) is 23.7 Å². The van der Waals surface area contributed by atoms with Crippen LogP contribution in [0.5, 0.6) is 0 Å². The van der Waals surface area contributed by atoms with E-state index in [0.717, 1.165) is 6.42 Å². The number of rotatable bonds is 6. The molecule has 0 aliphatic heterocycles. The molecule has 0 saturated heterocycles. The van der Waals surface area contributed by atoms with Crippen LogP contribution in [0.2, 0.25) is 0 Å². The third-order valence-corrected chi connectivity index (χ3v) is 2.74. The van der Waals surface area contributed by atoms with Gasteiger partial charge >= 0.3 is 0 Å². The van der Waals surface area contributed by atoms with Gasteiger partial charge in [-0.3, -0.25) is 9.59 Å². The Morgan fingerprint density at radius 3 is 2.62 bits per heavy atom. The summed E-state index contributed by atoms with van der Waals surface area (Å²) in [6, 6.07) is 6.54. The molecule has 1 heterocycles. The lowest BCUT2D eigenvalue weighted by Gasteiger charge is -2.01. The second-order valence-electron chi connectivity index (χ2n) is 4.44. The molecule has 1 aromatic carbocycles. The van der Waals surface area contributed by atoms with Crippen LogP contribution in [-0.4, -0.2) is 38.6 Å². The van der Waals surface area contributed by atoms with Crippen LogP contribution in [0.3, 0.4) is 0 Å². The van der Waals surface area contributed by atoms with Crippen molar-refractivity contribution in [1.82, 2.24) is 25.5 Å². The van der Waals surface area contributed by atoms with Crippen molar-refractivity contribution in [3.05, 3.63) is 29.8 Å². The van der Waals surface area contributed by atoms with Gasteiger partial charge in [0.1, 0.15) is 6.54 Å². The Labute approximate surface area is 121 Å². The summed E-state index contributed by atoms with van der Waals surface area (Å²) in [6.07, 6.45) is 0.869. The number of primary amides is 1. The van der Waals surface area contributed by atoms with Crippen LogP contribution in [0.15, 0.2) is 24.3 Å². The van der Waals surface area contributed by atoms with E-state index in [1.54, 1.807) is 24.3 Å². The minimum atomic E-state index is -0.495. The lowest BCUT2D eigenvalue weighted by Crippen LogP contribution is -2.29. The van der Waals surface area contributed by atoms with Crippen molar-refractivity contribution in [2.75, 3.05) is 6.54 Å². The standard InChI is InChI=1S/C13H16N6O2/c1-2-7-15-11(20)8-19-17-13(16-18-19)10-5-3-9(4-6-10)12(14)21/h3-6H,2,7-8H2,1H3,(H2,14,21)(H,15,20). The van der Waals surface area contributed by atoms with Crippen molar-refractivity contribution in [3.63, 3.8) is 0 Å². The maximum atomic E-state index is 11.5. The lowest BCUT2D eigenvalue weighted by atomic mass is 10.1. The number of amides is 2. The summed E-state index contributed by atoms with van der Waals surface area (Å²) >= 11 is 0. The third-order valence-electron chi connectivity index (χ3n) is 2.74. The number of hydrogen-bond acceptors (Lipinski definition) is 5. The first kappa shape index (κ1) is 14.6. The molecule has 2 amide bonds. The predicted molar refractivity (Wildman–Crippen MR) is 75.1 cm³/mol. The number of nitrogens with zero attached hydrogens (tertiary/aromatic N) is 4. The Balaban J connectivity index is 2.05. The van der Waals surface area contributed by atoms with E-state index in [0.29, 0.717) is 23.5 Å². The molecule has 0 bridgehead atoms. The Bertz CT molecular complexity index is 634. The average Bonchev–Trinajstić information content (AvgIpc) is 2.93. The van der Waals surface area contributed by atoms with Gasteiger partial charge in [0.05, 0.1) is 0 Å². The van der Waals surface area contributed by atoms with Crippen LogP contribution in [-0.2, 0) is 11.3 Å². The highest BCUT2D eigenvalue weighted by molar-refractivity contribution is 5.93. The molecule has 0 aliphatic carbocycles. The maximum absolute atomic E-state index is 11.5. The second kappa shape index (κ2) is 6.60. The highest BCUT2D eigenvalue weighted by Crippen LogP contribution is 2.14. The van der Waals surface area contributed by atoms with Gasteiger partial charge in [-0.1, -0.05) is 19.1 Å². The zero-order valence-corrected chi connectivity index (χ0v) is 11.6. The highest BCUT2D eigenvalue weighted by Gasteiger charge is 2.09. The molecule has 2 aromatic rings. The SMILES string of the molecule is CCCNC(=O)Cn1nnc(-c2ccc(C(N)=O)cc2)n1. The van der Waals surface area contributed by atoms with Crippen LogP contribution in [0, 0.1) is 0 Å². The minimum absolute atomic E-state index is 0.0202. The van der Waals surface area contributed by atoms with Crippen LogP contribution in [0.4, 0.5) is 0 Å². The largest absolute Gasteiger partial charge is 0.366 e. The first-order chi connectivity index (χ1) is 10.1. The van der Waals surface area contributed by atoms with E-state index in [1.165, 1.54) is 4.80 Å². The molecule has 8 nitrogen and oxygen atoms in total. The minimum Gasteiger partial charge on any atom is -0.366 e. The second-order valence-corrected chi connectivity index (χ2v) is 4.44. The number of carbonyl (C=O) groups is 2. The Kier molecular flexibility index (Phi) is 4.60. The predicted octanol–water partition coefficient (Wildman–Crippen LogP) is -0.0348. The normalized spacial score (nSPS) is 10.3. The number of carbonyl (C=O) groups excluding carboxylic acids is 2. The van der Waals surface area contributed by atoms with Gasteiger partial charge in [0.2, 0.25) is 17.6 Å². The van der Waals surface area contributed by atoms with E-state index in [4.69, 9.17) is 5.73 Å². The number of nitrogens with one attached hydrogen (secondary N) is 1. The van der Waals surface area contributed by atoms with Gasteiger partial charge in [0, 0.05) is 17.7 Å². The van der Waals surface area contributed by atoms with Gasteiger partial charge in [-0.2, -0.15) is 4.80 Å². The first-order valence-electron chi connectivity index (χ1n) is 6.55. The fourth-order valence-electron chi connectivity index (χ4n) is 1.66. The first-order valence-corrected chi connectivity index (χ1v) is 6.55. The topological polar surface area (TPSA) is 116 Å².